The Hall–Kier alpha value is 0.200. The zero-order chi connectivity index (χ0) is 5.98. The minimum absolute atomic E-state index is 0.574. The van der Waals surface area contributed by atoms with Gasteiger partial charge in [0.15, 0.2) is 0 Å². The number of hydrogen-bond donors (Lipinski definition) is 1. The molecule has 0 saturated carbocycles. The second-order valence-electron chi connectivity index (χ2n) is 2.04. The van der Waals surface area contributed by atoms with Crippen LogP contribution in [0.1, 0.15) is 6.92 Å². The SMILES string of the molecule is CC1CN=CNC1I. The Morgan fingerprint density at radius 1 is 1.88 bits per heavy atom. The van der Waals surface area contributed by atoms with Gasteiger partial charge >= 0.3 is 0 Å². The van der Waals surface area contributed by atoms with E-state index in [1.54, 1.807) is 6.34 Å². The summed E-state index contributed by atoms with van der Waals surface area (Å²) in [6.45, 7) is 3.17. The quantitative estimate of drug-likeness (QED) is 0.370. The number of nitrogens with zero attached hydrogens (tertiary/aromatic N) is 1. The third kappa shape index (κ3) is 1.34. The number of hydrogen-bond acceptors (Lipinski definition) is 2. The minimum Gasteiger partial charge on any atom is -0.364 e. The summed E-state index contributed by atoms with van der Waals surface area (Å²) in [7, 11) is 0. The van der Waals surface area contributed by atoms with Crippen molar-refractivity contribution in [1.29, 1.82) is 0 Å². The van der Waals surface area contributed by atoms with E-state index in [0.717, 1.165) is 6.54 Å². The molecule has 0 saturated heterocycles. The standard InChI is InChI=1S/C5H9IN2/c1-4-2-7-3-8-5(4)6/h3-5H,2H2,1H3,(H,7,8). The molecule has 2 unspecified atom stereocenters. The molecular formula is C5H9IN2. The number of aliphatic imine (C=N–C) groups is 1. The van der Waals surface area contributed by atoms with Crippen LogP contribution < -0.4 is 5.32 Å². The van der Waals surface area contributed by atoms with Crippen LogP contribution in [-0.4, -0.2) is 16.9 Å². The summed E-state index contributed by atoms with van der Waals surface area (Å²) in [5, 5.41) is 3.13. The fraction of sp³-hybridized carbons (Fsp3) is 0.800. The van der Waals surface area contributed by atoms with Gasteiger partial charge in [-0.2, -0.15) is 0 Å². The maximum absolute atomic E-state index is 4.07. The van der Waals surface area contributed by atoms with Gasteiger partial charge in [0.1, 0.15) is 0 Å². The summed E-state index contributed by atoms with van der Waals surface area (Å²) in [5.41, 5.74) is 0. The van der Waals surface area contributed by atoms with Gasteiger partial charge in [0.2, 0.25) is 0 Å². The van der Waals surface area contributed by atoms with E-state index in [9.17, 15) is 0 Å². The molecular weight excluding hydrogens is 215 g/mol. The molecule has 1 heterocycles. The monoisotopic (exact) mass is 224 g/mol. The lowest BCUT2D eigenvalue weighted by molar-refractivity contribution is 0.542. The van der Waals surface area contributed by atoms with Crippen molar-refractivity contribution in [1.82, 2.24) is 5.32 Å². The molecule has 0 bridgehead atoms. The summed E-state index contributed by atoms with van der Waals surface area (Å²) in [4.78, 5) is 4.07. The van der Waals surface area contributed by atoms with Crippen LogP contribution in [0.15, 0.2) is 4.99 Å². The highest BCUT2D eigenvalue weighted by molar-refractivity contribution is 14.1. The van der Waals surface area contributed by atoms with Gasteiger partial charge in [-0.05, 0) is 0 Å². The van der Waals surface area contributed by atoms with Gasteiger partial charge in [0, 0.05) is 12.5 Å². The van der Waals surface area contributed by atoms with Crippen molar-refractivity contribution < 1.29 is 0 Å². The summed E-state index contributed by atoms with van der Waals surface area (Å²) >= 11 is 2.38. The average Bonchev–Trinajstić information content (AvgIpc) is 1.77. The summed E-state index contributed by atoms with van der Waals surface area (Å²) in [5.74, 6) is 0.681. The molecule has 1 rings (SSSR count). The second-order valence-corrected chi connectivity index (χ2v) is 3.38. The van der Waals surface area contributed by atoms with Crippen LogP contribution >= 0.6 is 22.6 Å². The number of rotatable bonds is 0. The van der Waals surface area contributed by atoms with E-state index in [4.69, 9.17) is 0 Å². The van der Waals surface area contributed by atoms with Crippen LogP contribution in [0.25, 0.3) is 0 Å². The molecule has 8 heavy (non-hydrogen) atoms. The third-order valence-corrected chi connectivity index (χ3v) is 2.81. The summed E-state index contributed by atoms with van der Waals surface area (Å²) in [6.07, 6.45) is 1.79. The van der Waals surface area contributed by atoms with Gasteiger partial charge in [0.05, 0.1) is 10.4 Å². The molecule has 0 aromatic heterocycles. The Morgan fingerprint density at radius 2 is 2.62 bits per heavy atom. The molecule has 0 fully saturated rings. The predicted octanol–water partition coefficient (Wildman–Crippen LogP) is 1.02. The molecule has 0 radical (unpaired) electrons. The highest BCUT2D eigenvalue weighted by Crippen LogP contribution is 2.11. The van der Waals surface area contributed by atoms with Crippen molar-refractivity contribution in [3.63, 3.8) is 0 Å². The van der Waals surface area contributed by atoms with Crippen molar-refractivity contribution >= 4 is 28.9 Å². The Bertz CT molecular complexity index is 90.6. The highest BCUT2D eigenvalue weighted by atomic mass is 127. The lowest BCUT2D eigenvalue weighted by Crippen LogP contribution is -2.33. The predicted molar refractivity (Wildman–Crippen MR) is 43.5 cm³/mol. The molecule has 1 aliphatic heterocycles. The fourth-order valence-corrected chi connectivity index (χ4v) is 0.988. The first-order valence-corrected chi connectivity index (χ1v) is 3.93. The molecule has 0 spiro atoms. The van der Waals surface area contributed by atoms with E-state index in [-0.39, 0.29) is 0 Å². The molecule has 1 N–H and O–H groups in total. The molecule has 0 amide bonds. The molecule has 46 valence electrons. The first-order valence-electron chi connectivity index (χ1n) is 2.69. The van der Waals surface area contributed by atoms with Gasteiger partial charge in [-0.15, -0.1) is 0 Å². The smallest absolute Gasteiger partial charge is 0.0832 e. The number of alkyl halides is 1. The first-order chi connectivity index (χ1) is 3.80. The van der Waals surface area contributed by atoms with E-state index in [1.807, 2.05) is 0 Å². The first kappa shape index (κ1) is 6.32. The third-order valence-electron chi connectivity index (χ3n) is 1.22. The maximum Gasteiger partial charge on any atom is 0.0832 e. The summed E-state index contributed by atoms with van der Waals surface area (Å²) in [6, 6.07) is 0. The van der Waals surface area contributed by atoms with E-state index < -0.39 is 0 Å². The zero-order valence-electron chi connectivity index (χ0n) is 4.76. The minimum atomic E-state index is 0.574. The van der Waals surface area contributed by atoms with Crippen LogP contribution in [0.5, 0.6) is 0 Å². The van der Waals surface area contributed by atoms with E-state index >= 15 is 0 Å². The zero-order valence-corrected chi connectivity index (χ0v) is 6.92. The van der Waals surface area contributed by atoms with Crippen molar-refractivity contribution in [3.05, 3.63) is 0 Å². The highest BCUT2D eigenvalue weighted by Gasteiger charge is 2.13. The molecule has 2 nitrogen and oxygen atoms in total. The van der Waals surface area contributed by atoms with Crippen LogP contribution in [0.3, 0.4) is 0 Å². The molecule has 1 aliphatic rings. The fourth-order valence-electron chi connectivity index (χ4n) is 0.600. The molecule has 0 aliphatic carbocycles. The Morgan fingerprint density at radius 3 is 3.00 bits per heavy atom. The molecule has 0 aromatic carbocycles. The van der Waals surface area contributed by atoms with Gasteiger partial charge in [-0.25, -0.2) is 0 Å². The van der Waals surface area contributed by atoms with Crippen LogP contribution in [0, 0.1) is 5.92 Å². The van der Waals surface area contributed by atoms with Crippen LogP contribution in [-0.2, 0) is 0 Å². The van der Waals surface area contributed by atoms with Crippen molar-refractivity contribution in [2.24, 2.45) is 10.9 Å². The number of halogens is 1. The lowest BCUT2D eigenvalue weighted by Gasteiger charge is -2.19. The van der Waals surface area contributed by atoms with Crippen LogP contribution in [0.4, 0.5) is 0 Å². The van der Waals surface area contributed by atoms with E-state index in [2.05, 4.69) is 39.8 Å². The van der Waals surface area contributed by atoms with Crippen molar-refractivity contribution in [2.45, 2.75) is 11.0 Å². The van der Waals surface area contributed by atoms with E-state index in [1.165, 1.54) is 0 Å². The lowest BCUT2D eigenvalue weighted by atomic mass is 10.2. The Labute approximate surface area is 62.9 Å². The Kier molecular flexibility index (Phi) is 2.10. The normalized spacial score (nSPS) is 36.8. The summed E-state index contributed by atoms with van der Waals surface area (Å²) < 4.78 is 0.574. The molecule has 0 aromatic rings. The van der Waals surface area contributed by atoms with Gasteiger partial charge in [0.25, 0.3) is 0 Å². The average molecular weight is 224 g/mol. The largest absolute Gasteiger partial charge is 0.364 e. The van der Waals surface area contributed by atoms with Crippen molar-refractivity contribution in [3.8, 4) is 0 Å². The van der Waals surface area contributed by atoms with Crippen LogP contribution in [0.2, 0.25) is 0 Å². The molecule has 2 atom stereocenters. The van der Waals surface area contributed by atoms with Crippen molar-refractivity contribution in [2.75, 3.05) is 6.54 Å². The Balaban J connectivity index is 2.44. The maximum atomic E-state index is 4.07. The number of nitrogens with one attached hydrogen (secondary N) is 1. The van der Waals surface area contributed by atoms with Gasteiger partial charge in [-0.1, -0.05) is 29.5 Å². The van der Waals surface area contributed by atoms with Gasteiger partial charge < -0.3 is 5.32 Å². The van der Waals surface area contributed by atoms with Gasteiger partial charge in [-0.3, -0.25) is 4.99 Å². The second kappa shape index (κ2) is 2.66. The van der Waals surface area contributed by atoms with E-state index in [0.29, 0.717) is 9.97 Å². The topological polar surface area (TPSA) is 24.4 Å². The molecule has 3 heteroatoms.